The lowest BCUT2D eigenvalue weighted by molar-refractivity contribution is -0.132. The molecule has 0 radical (unpaired) electrons. The number of nitrogens with two attached hydrogens (primary N) is 1. The monoisotopic (exact) mass is 244 g/mol. The standard InChI is InChI=1S/C12H24N2O3/c1-10-3-4-12(7-10,9-13)17-8-11(15)14-5-6-16-2/h10H,3-9,13H2,1-2H3,(H,14,15). The number of carbonyl (C=O) groups is 1. The molecule has 100 valence electrons. The van der Waals surface area contributed by atoms with E-state index >= 15 is 0 Å². The van der Waals surface area contributed by atoms with E-state index < -0.39 is 0 Å². The first-order valence-electron chi connectivity index (χ1n) is 6.21. The molecule has 0 aliphatic heterocycles. The molecule has 1 fully saturated rings. The van der Waals surface area contributed by atoms with Gasteiger partial charge in [0.15, 0.2) is 0 Å². The van der Waals surface area contributed by atoms with Crippen LogP contribution >= 0.6 is 0 Å². The Morgan fingerprint density at radius 2 is 2.35 bits per heavy atom. The number of carbonyl (C=O) groups excluding carboxylic acids is 1. The van der Waals surface area contributed by atoms with E-state index in [1.54, 1.807) is 7.11 Å². The zero-order chi connectivity index (χ0) is 12.7. The number of rotatable bonds is 7. The van der Waals surface area contributed by atoms with Crippen LogP contribution in [0.25, 0.3) is 0 Å². The van der Waals surface area contributed by atoms with Crippen molar-refractivity contribution in [3.8, 4) is 0 Å². The van der Waals surface area contributed by atoms with Crippen LogP contribution in [0.4, 0.5) is 0 Å². The van der Waals surface area contributed by atoms with Gasteiger partial charge in [0.25, 0.3) is 0 Å². The summed E-state index contributed by atoms with van der Waals surface area (Å²) in [5, 5.41) is 2.73. The normalized spacial score (nSPS) is 28.3. The molecule has 0 heterocycles. The van der Waals surface area contributed by atoms with Gasteiger partial charge in [0.1, 0.15) is 6.61 Å². The molecule has 1 rings (SSSR count). The predicted molar refractivity (Wildman–Crippen MR) is 65.6 cm³/mol. The molecule has 0 bridgehead atoms. The minimum absolute atomic E-state index is 0.0909. The third-order valence-corrected chi connectivity index (χ3v) is 3.32. The van der Waals surface area contributed by atoms with Crippen LogP contribution in [0, 0.1) is 5.92 Å². The van der Waals surface area contributed by atoms with E-state index in [1.807, 2.05) is 0 Å². The summed E-state index contributed by atoms with van der Waals surface area (Å²) in [6, 6.07) is 0. The summed E-state index contributed by atoms with van der Waals surface area (Å²) in [5.41, 5.74) is 5.48. The van der Waals surface area contributed by atoms with Crippen LogP contribution in [0.3, 0.4) is 0 Å². The molecule has 1 aliphatic carbocycles. The third-order valence-electron chi connectivity index (χ3n) is 3.32. The van der Waals surface area contributed by atoms with Crippen molar-refractivity contribution in [1.82, 2.24) is 5.32 Å². The molecule has 0 saturated heterocycles. The Hall–Kier alpha value is -0.650. The van der Waals surface area contributed by atoms with E-state index in [4.69, 9.17) is 15.2 Å². The first kappa shape index (κ1) is 14.4. The molecule has 2 atom stereocenters. The van der Waals surface area contributed by atoms with Gasteiger partial charge in [-0.2, -0.15) is 0 Å². The van der Waals surface area contributed by atoms with Gasteiger partial charge in [-0.15, -0.1) is 0 Å². The second kappa shape index (κ2) is 6.93. The lowest BCUT2D eigenvalue weighted by Crippen LogP contribution is -2.42. The Kier molecular flexibility index (Phi) is 5.88. The van der Waals surface area contributed by atoms with Gasteiger partial charge in [-0.25, -0.2) is 0 Å². The highest BCUT2D eigenvalue weighted by Gasteiger charge is 2.37. The number of nitrogens with one attached hydrogen (secondary N) is 1. The molecule has 5 nitrogen and oxygen atoms in total. The van der Waals surface area contributed by atoms with Gasteiger partial charge < -0.3 is 20.5 Å². The van der Waals surface area contributed by atoms with E-state index in [0.717, 1.165) is 19.3 Å². The topological polar surface area (TPSA) is 73.6 Å². The molecule has 0 aromatic carbocycles. The van der Waals surface area contributed by atoms with Crippen molar-refractivity contribution in [2.45, 2.75) is 31.8 Å². The fourth-order valence-corrected chi connectivity index (χ4v) is 2.29. The van der Waals surface area contributed by atoms with Crippen LogP contribution in [0.15, 0.2) is 0 Å². The van der Waals surface area contributed by atoms with Crippen molar-refractivity contribution in [1.29, 1.82) is 0 Å². The summed E-state index contributed by atoms with van der Waals surface area (Å²) in [4.78, 5) is 11.5. The number of hydrogen-bond donors (Lipinski definition) is 2. The number of amides is 1. The molecule has 1 saturated carbocycles. The van der Waals surface area contributed by atoms with E-state index in [-0.39, 0.29) is 18.1 Å². The molecular formula is C12H24N2O3. The van der Waals surface area contributed by atoms with Crippen LogP contribution in [0.1, 0.15) is 26.2 Å². The average molecular weight is 244 g/mol. The average Bonchev–Trinajstić information content (AvgIpc) is 2.70. The van der Waals surface area contributed by atoms with Crippen molar-refractivity contribution in [3.05, 3.63) is 0 Å². The Balaban J connectivity index is 2.26. The molecular weight excluding hydrogens is 220 g/mol. The lowest BCUT2D eigenvalue weighted by Gasteiger charge is -2.27. The van der Waals surface area contributed by atoms with Gasteiger partial charge in [0, 0.05) is 20.2 Å². The second-order valence-electron chi connectivity index (χ2n) is 4.87. The first-order valence-corrected chi connectivity index (χ1v) is 6.21. The van der Waals surface area contributed by atoms with E-state index in [1.165, 1.54) is 0 Å². The number of ether oxygens (including phenoxy) is 2. The smallest absolute Gasteiger partial charge is 0.246 e. The maximum atomic E-state index is 11.5. The summed E-state index contributed by atoms with van der Waals surface area (Å²) >= 11 is 0. The molecule has 2 unspecified atom stereocenters. The summed E-state index contributed by atoms with van der Waals surface area (Å²) in [7, 11) is 1.60. The Labute approximate surface area is 103 Å². The zero-order valence-corrected chi connectivity index (χ0v) is 10.8. The van der Waals surface area contributed by atoms with Gasteiger partial charge >= 0.3 is 0 Å². The maximum absolute atomic E-state index is 11.5. The largest absolute Gasteiger partial charge is 0.383 e. The fourth-order valence-electron chi connectivity index (χ4n) is 2.29. The van der Waals surface area contributed by atoms with Crippen molar-refractivity contribution in [3.63, 3.8) is 0 Å². The minimum Gasteiger partial charge on any atom is -0.383 e. The maximum Gasteiger partial charge on any atom is 0.246 e. The molecule has 17 heavy (non-hydrogen) atoms. The zero-order valence-electron chi connectivity index (χ0n) is 10.8. The van der Waals surface area contributed by atoms with Crippen LogP contribution in [0.2, 0.25) is 0 Å². The lowest BCUT2D eigenvalue weighted by atomic mass is 10.0. The summed E-state index contributed by atoms with van der Waals surface area (Å²) < 4.78 is 10.6. The summed E-state index contributed by atoms with van der Waals surface area (Å²) in [6.45, 7) is 3.81. The van der Waals surface area contributed by atoms with Gasteiger partial charge in [-0.1, -0.05) is 6.92 Å². The van der Waals surface area contributed by atoms with Crippen molar-refractivity contribution in [2.75, 3.05) is 33.4 Å². The third kappa shape index (κ3) is 4.61. The van der Waals surface area contributed by atoms with Crippen LogP contribution in [-0.4, -0.2) is 44.9 Å². The van der Waals surface area contributed by atoms with Crippen molar-refractivity contribution < 1.29 is 14.3 Å². The quantitative estimate of drug-likeness (QED) is 0.631. The molecule has 0 aromatic heterocycles. The minimum atomic E-state index is -0.280. The molecule has 1 amide bonds. The SMILES string of the molecule is COCCNC(=O)COC1(CN)CCC(C)C1. The second-order valence-corrected chi connectivity index (χ2v) is 4.87. The molecule has 1 aliphatic rings. The Bertz CT molecular complexity index is 248. The molecule has 0 spiro atoms. The van der Waals surface area contributed by atoms with Crippen LogP contribution in [0.5, 0.6) is 0 Å². The number of methoxy groups -OCH3 is 1. The number of hydrogen-bond acceptors (Lipinski definition) is 4. The van der Waals surface area contributed by atoms with E-state index in [9.17, 15) is 4.79 Å². The molecule has 5 heteroatoms. The highest BCUT2D eigenvalue weighted by molar-refractivity contribution is 5.77. The van der Waals surface area contributed by atoms with Gasteiger partial charge in [-0.05, 0) is 25.2 Å². The summed E-state index contributed by atoms with van der Waals surface area (Å²) in [6.07, 6.45) is 3.04. The predicted octanol–water partition coefficient (Wildman–Crippen LogP) is 0.283. The van der Waals surface area contributed by atoms with Gasteiger partial charge in [0.2, 0.25) is 5.91 Å². The molecule has 3 N–H and O–H groups in total. The van der Waals surface area contributed by atoms with Crippen molar-refractivity contribution in [2.24, 2.45) is 11.7 Å². The van der Waals surface area contributed by atoms with Crippen molar-refractivity contribution >= 4 is 5.91 Å². The Morgan fingerprint density at radius 3 is 2.88 bits per heavy atom. The highest BCUT2D eigenvalue weighted by atomic mass is 16.5. The molecule has 0 aromatic rings. The van der Waals surface area contributed by atoms with Gasteiger partial charge in [-0.3, -0.25) is 4.79 Å². The van der Waals surface area contributed by atoms with E-state index in [0.29, 0.717) is 25.6 Å². The van der Waals surface area contributed by atoms with Gasteiger partial charge in [0.05, 0.1) is 12.2 Å². The first-order chi connectivity index (χ1) is 8.12. The van der Waals surface area contributed by atoms with E-state index in [2.05, 4.69) is 12.2 Å². The Morgan fingerprint density at radius 1 is 1.59 bits per heavy atom. The van der Waals surface area contributed by atoms with Crippen LogP contribution < -0.4 is 11.1 Å². The van der Waals surface area contributed by atoms with Crippen LogP contribution in [-0.2, 0) is 14.3 Å². The summed E-state index contributed by atoms with van der Waals surface area (Å²) in [5.74, 6) is 0.532. The fraction of sp³-hybridized carbons (Fsp3) is 0.917. The highest BCUT2D eigenvalue weighted by Crippen LogP contribution is 2.36.